The van der Waals surface area contributed by atoms with Crippen LogP contribution in [0.3, 0.4) is 0 Å². The minimum absolute atomic E-state index is 0.788. The van der Waals surface area contributed by atoms with E-state index in [1.807, 2.05) is 36.3 Å². The topological polar surface area (TPSA) is 6.48 Å². The maximum absolute atomic E-state index is 5.26. The molecule has 0 unspecified atom stereocenters. The normalized spacial score (nSPS) is 19.8. The second-order valence-electron chi connectivity index (χ2n) is 3.86. The number of hydrogen-bond acceptors (Lipinski definition) is 2. The largest absolute Gasteiger partial charge is 0.366 e. The van der Waals surface area contributed by atoms with E-state index in [1.54, 1.807) is 0 Å². The van der Waals surface area contributed by atoms with E-state index in [-0.39, 0.29) is 0 Å². The maximum atomic E-state index is 5.26. The van der Waals surface area contributed by atoms with E-state index in [9.17, 15) is 0 Å². The minimum Gasteiger partial charge on any atom is -0.366 e. The zero-order valence-corrected chi connectivity index (χ0v) is 10.3. The quantitative estimate of drug-likeness (QED) is 0.504. The van der Waals surface area contributed by atoms with E-state index in [0.717, 1.165) is 17.1 Å². The van der Waals surface area contributed by atoms with Crippen molar-refractivity contribution in [3.05, 3.63) is 53.6 Å². The summed E-state index contributed by atoms with van der Waals surface area (Å²) in [5, 5.41) is 0. The Morgan fingerprint density at radius 3 is 2.94 bits per heavy atom. The van der Waals surface area contributed by atoms with Gasteiger partial charge in [-0.05, 0) is 12.2 Å². The molecule has 1 heterocycles. The summed E-state index contributed by atoms with van der Waals surface area (Å²) >= 11 is 5.26. The molecule has 0 saturated heterocycles. The van der Waals surface area contributed by atoms with Crippen molar-refractivity contribution in [1.29, 1.82) is 0 Å². The van der Waals surface area contributed by atoms with Crippen LogP contribution in [-0.4, -0.2) is 35.4 Å². The van der Waals surface area contributed by atoms with E-state index in [2.05, 4.69) is 30.0 Å². The van der Waals surface area contributed by atoms with Gasteiger partial charge in [0.15, 0.2) is 0 Å². The Balaban J connectivity index is 2.37. The van der Waals surface area contributed by atoms with Crippen LogP contribution in [0, 0.1) is 0 Å². The lowest BCUT2D eigenvalue weighted by Crippen LogP contribution is -2.38. The molecule has 0 aromatic carbocycles. The number of allylic oxidation sites excluding steroid dienone is 4. The molecule has 0 amide bonds. The number of likely N-dealkylation sites (N-methyl/N-ethyl adjacent to an activating group) is 2. The molecule has 0 radical (unpaired) electrons. The Morgan fingerprint density at radius 1 is 1.31 bits per heavy atom. The molecule has 82 valence electrons. The van der Waals surface area contributed by atoms with Gasteiger partial charge in [0.1, 0.15) is 4.99 Å². The highest BCUT2D eigenvalue weighted by Gasteiger charge is 2.18. The first kappa shape index (κ1) is 10.9. The molecule has 2 nitrogen and oxygen atoms in total. The van der Waals surface area contributed by atoms with Gasteiger partial charge in [0, 0.05) is 25.9 Å². The minimum atomic E-state index is 0.788. The summed E-state index contributed by atoms with van der Waals surface area (Å²) in [6.07, 6.45) is 12.0. The predicted molar refractivity (Wildman–Crippen MR) is 71.0 cm³/mol. The van der Waals surface area contributed by atoms with Crippen LogP contribution < -0.4 is 0 Å². The van der Waals surface area contributed by atoms with Crippen LogP contribution in [0.5, 0.6) is 0 Å². The highest BCUT2D eigenvalue weighted by Crippen LogP contribution is 2.20. The summed E-state index contributed by atoms with van der Waals surface area (Å²) in [6.45, 7) is 0.788. The summed E-state index contributed by atoms with van der Waals surface area (Å²) in [7, 11) is 4.04. The highest BCUT2D eigenvalue weighted by atomic mass is 32.1. The van der Waals surface area contributed by atoms with Crippen molar-refractivity contribution in [2.24, 2.45) is 0 Å². The summed E-state index contributed by atoms with van der Waals surface area (Å²) in [5.41, 5.74) is 5.44. The zero-order chi connectivity index (χ0) is 11.5. The summed E-state index contributed by atoms with van der Waals surface area (Å²) in [6, 6.07) is 0. The molecule has 0 bridgehead atoms. The zero-order valence-electron chi connectivity index (χ0n) is 9.47. The third-order valence-electron chi connectivity index (χ3n) is 2.61. The van der Waals surface area contributed by atoms with Crippen LogP contribution in [0.1, 0.15) is 0 Å². The SMILES string of the molecule is CN1C=C(C2=CC=CC=C=C2)N(C)CC1=S. The van der Waals surface area contributed by atoms with Gasteiger partial charge in [-0.1, -0.05) is 30.4 Å². The van der Waals surface area contributed by atoms with Gasteiger partial charge in [-0.15, -0.1) is 5.73 Å². The number of thiocarbonyl (C=S) groups is 1. The molecule has 0 atom stereocenters. The molecule has 0 aromatic heterocycles. The van der Waals surface area contributed by atoms with Gasteiger partial charge in [-0.2, -0.15) is 0 Å². The van der Waals surface area contributed by atoms with Crippen LogP contribution in [0.4, 0.5) is 0 Å². The fourth-order valence-corrected chi connectivity index (χ4v) is 1.91. The van der Waals surface area contributed by atoms with E-state index in [4.69, 9.17) is 12.2 Å². The first-order valence-electron chi connectivity index (χ1n) is 5.17. The molecular weight excluding hydrogens is 216 g/mol. The Morgan fingerprint density at radius 2 is 2.12 bits per heavy atom. The van der Waals surface area contributed by atoms with Crippen molar-refractivity contribution in [1.82, 2.24) is 9.80 Å². The maximum Gasteiger partial charge on any atom is 0.101 e. The van der Waals surface area contributed by atoms with Crippen molar-refractivity contribution in [2.45, 2.75) is 0 Å². The third kappa shape index (κ3) is 2.16. The van der Waals surface area contributed by atoms with E-state index in [0.29, 0.717) is 0 Å². The molecule has 0 aromatic rings. The Kier molecular flexibility index (Phi) is 3.09. The van der Waals surface area contributed by atoms with Gasteiger partial charge in [0.2, 0.25) is 0 Å². The lowest BCUT2D eigenvalue weighted by molar-refractivity contribution is 0.435. The molecule has 16 heavy (non-hydrogen) atoms. The Bertz CT molecular complexity index is 462. The third-order valence-corrected chi connectivity index (χ3v) is 3.02. The van der Waals surface area contributed by atoms with E-state index >= 15 is 0 Å². The van der Waals surface area contributed by atoms with Crippen molar-refractivity contribution in [3.63, 3.8) is 0 Å². The van der Waals surface area contributed by atoms with Crippen LogP contribution in [0.15, 0.2) is 53.6 Å². The molecule has 1 aliphatic heterocycles. The van der Waals surface area contributed by atoms with Gasteiger partial charge in [-0.3, -0.25) is 0 Å². The van der Waals surface area contributed by atoms with E-state index < -0.39 is 0 Å². The summed E-state index contributed by atoms with van der Waals surface area (Å²) in [5.74, 6) is 0. The van der Waals surface area contributed by atoms with Crippen molar-refractivity contribution < 1.29 is 0 Å². The lowest BCUT2D eigenvalue weighted by atomic mass is 10.1. The van der Waals surface area contributed by atoms with Gasteiger partial charge in [0.05, 0.1) is 12.2 Å². The predicted octanol–water partition coefficient (Wildman–Crippen LogP) is 2.24. The molecule has 3 heteroatoms. The Labute approximate surface area is 102 Å². The molecule has 0 fully saturated rings. The average Bonchev–Trinajstić information content (AvgIpc) is 2.52. The van der Waals surface area contributed by atoms with Gasteiger partial charge in [0.25, 0.3) is 0 Å². The highest BCUT2D eigenvalue weighted by molar-refractivity contribution is 7.80. The van der Waals surface area contributed by atoms with Crippen molar-refractivity contribution in [3.8, 4) is 0 Å². The van der Waals surface area contributed by atoms with Crippen LogP contribution in [0.2, 0.25) is 0 Å². The molecule has 2 aliphatic rings. The Hall–Kier alpha value is -1.57. The smallest absolute Gasteiger partial charge is 0.101 e. The van der Waals surface area contributed by atoms with Crippen LogP contribution in [0.25, 0.3) is 0 Å². The van der Waals surface area contributed by atoms with Gasteiger partial charge >= 0.3 is 0 Å². The first-order valence-corrected chi connectivity index (χ1v) is 5.58. The molecule has 0 saturated carbocycles. The average molecular weight is 230 g/mol. The molecule has 0 N–H and O–H groups in total. The molecule has 2 rings (SSSR count). The lowest BCUT2D eigenvalue weighted by Gasteiger charge is -2.32. The molecule has 0 spiro atoms. The molecular formula is C13H14N2S. The fourth-order valence-electron chi connectivity index (χ4n) is 1.66. The number of rotatable bonds is 1. The van der Waals surface area contributed by atoms with Crippen molar-refractivity contribution >= 4 is 17.2 Å². The first-order chi connectivity index (χ1) is 7.68. The van der Waals surface area contributed by atoms with Crippen LogP contribution >= 0.6 is 12.2 Å². The number of hydrogen-bond donors (Lipinski definition) is 0. The fraction of sp³-hybridized carbons (Fsp3) is 0.231. The number of nitrogens with zero attached hydrogens (tertiary/aromatic N) is 2. The summed E-state index contributed by atoms with van der Waals surface area (Å²) < 4.78 is 0. The van der Waals surface area contributed by atoms with Gasteiger partial charge in [-0.25, -0.2) is 0 Å². The standard InChI is InChI=1S/C13H14N2S/c1-14-10-13(16)15(2)9-12(14)11-7-5-3-4-6-8-11/h3-5,7-9H,10H2,1-2H3. The second-order valence-corrected chi connectivity index (χ2v) is 4.33. The van der Waals surface area contributed by atoms with E-state index in [1.165, 1.54) is 5.70 Å². The van der Waals surface area contributed by atoms with Gasteiger partial charge < -0.3 is 9.80 Å². The molecule has 1 aliphatic carbocycles. The second kappa shape index (κ2) is 4.52. The summed E-state index contributed by atoms with van der Waals surface area (Å²) in [4.78, 5) is 5.10. The monoisotopic (exact) mass is 230 g/mol. The van der Waals surface area contributed by atoms with Crippen LogP contribution in [-0.2, 0) is 0 Å². The van der Waals surface area contributed by atoms with Crippen molar-refractivity contribution in [2.75, 3.05) is 20.6 Å².